The quantitative estimate of drug-likeness (QED) is 0.0569. The Labute approximate surface area is 328 Å². The average molecular weight is 875 g/mol. The Morgan fingerprint density at radius 1 is 0.448 bits per heavy atom. The van der Waals surface area contributed by atoms with Gasteiger partial charge in [-0.3, -0.25) is 18.2 Å². The number of aromatic hydroxyl groups is 2. The summed E-state index contributed by atoms with van der Waals surface area (Å²) in [5.41, 5.74) is 0.175. The van der Waals surface area contributed by atoms with Crippen molar-refractivity contribution >= 4 is 84.8 Å². The third-order valence-electron chi connectivity index (χ3n) is 8.41. The lowest BCUT2D eigenvalue weighted by atomic mass is 10.0. The van der Waals surface area contributed by atoms with Crippen molar-refractivity contribution in [2.24, 2.45) is 20.5 Å². The molecule has 0 unspecified atom stereocenters. The number of benzene rings is 6. The van der Waals surface area contributed by atoms with Crippen molar-refractivity contribution in [3.05, 3.63) is 84.9 Å². The van der Waals surface area contributed by atoms with Crippen LogP contribution in [0.5, 0.6) is 23.0 Å². The van der Waals surface area contributed by atoms with Gasteiger partial charge in [-0.25, -0.2) is 0 Å². The third-order valence-corrected chi connectivity index (χ3v) is 11.9. The summed E-state index contributed by atoms with van der Waals surface area (Å²) in [4.78, 5) is -3.01. The van der Waals surface area contributed by atoms with E-state index in [0.717, 1.165) is 48.5 Å². The molecule has 6 aromatic carbocycles. The summed E-state index contributed by atoms with van der Waals surface area (Å²) < 4.78 is 145. The maximum atomic E-state index is 12.2. The van der Waals surface area contributed by atoms with E-state index in [-0.39, 0.29) is 44.4 Å². The second kappa shape index (κ2) is 15.0. The Hall–Kier alpha value is -6.12. The first-order valence-electron chi connectivity index (χ1n) is 15.7. The Kier molecular flexibility index (Phi) is 10.7. The van der Waals surface area contributed by atoms with Gasteiger partial charge < -0.3 is 19.7 Å². The number of rotatable bonds is 11. The zero-order valence-corrected chi connectivity index (χ0v) is 32.5. The van der Waals surface area contributed by atoms with Crippen molar-refractivity contribution in [3.63, 3.8) is 0 Å². The molecule has 24 heteroatoms. The lowest BCUT2D eigenvalue weighted by Gasteiger charge is -2.11. The summed E-state index contributed by atoms with van der Waals surface area (Å²) in [5, 5.41) is 36.9. The summed E-state index contributed by atoms with van der Waals surface area (Å²) >= 11 is 0. The number of hydrogen-bond acceptors (Lipinski definition) is 16. The topological polar surface area (TPSA) is 326 Å². The second-order valence-corrected chi connectivity index (χ2v) is 17.6. The Morgan fingerprint density at radius 3 is 1.43 bits per heavy atom. The summed E-state index contributed by atoms with van der Waals surface area (Å²) in [6.45, 7) is 0. The summed E-state index contributed by atoms with van der Waals surface area (Å²) in [6.07, 6.45) is 0. The van der Waals surface area contributed by atoms with Crippen molar-refractivity contribution < 1.29 is 71.6 Å². The molecule has 0 aromatic heterocycles. The van der Waals surface area contributed by atoms with Crippen LogP contribution in [0.2, 0.25) is 0 Å². The lowest BCUT2D eigenvalue weighted by molar-refractivity contribution is 0.415. The number of hydrogen-bond donors (Lipinski definition) is 6. The molecule has 6 N–H and O–H groups in total. The summed E-state index contributed by atoms with van der Waals surface area (Å²) in [7, 11) is -16.9. The van der Waals surface area contributed by atoms with E-state index < -0.39 is 82.9 Å². The van der Waals surface area contributed by atoms with Crippen molar-refractivity contribution in [1.82, 2.24) is 0 Å². The van der Waals surface area contributed by atoms with Gasteiger partial charge in [-0.1, -0.05) is 24.3 Å². The summed E-state index contributed by atoms with van der Waals surface area (Å²) in [5.74, 6) is -1.49. The second-order valence-electron chi connectivity index (χ2n) is 12.0. The molecule has 6 rings (SSSR count). The standard InChI is InChI=1S/C34H26N4O16S4/c1-53-28-12-17(3-9-25(28)35-37-27-16-30(57(47,48)49)23-8-6-21(56(44,45)46)15-24(23)33(27)39)18-4-10-26(29(13-18)54-2)36-38-32-22-7-5-20(55(41,42)43)11-19(22)14-31(34(32)40)58(50,51)52/h3-16,39-40H,1-2H3,(H,41,42,43)(H,44,45,46)(H,47,48,49)(H,50,51,52). The molecular formula is C34H26N4O16S4. The molecular weight excluding hydrogens is 849 g/mol. The van der Waals surface area contributed by atoms with E-state index >= 15 is 0 Å². The van der Waals surface area contributed by atoms with Gasteiger partial charge in [-0.15, -0.1) is 20.5 Å². The van der Waals surface area contributed by atoms with Gasteiger partial charge in [0.1, 0.15) is 44.0 Å². The molecule has 0 radical (unpaired) electrons. The van der Waals surface area contributed by atoms with E-state index in [4.69, 9.17) is 9.47 Å². The lowest BCUT2D eigenvalue weighted by Crippen LogP contribution is -2.01. The molecule has 0 spiro atoms. The number of phenols is 2. The normalized spacial score (nSPS) is 12.9. The number of phenolic OH excluding ortho intramolecular Hbond substituents is 2. The highest BCUT2D eigenvalue weighted by atomic mass is 32.2. The zero-order valence-electron chi connectivity index (χ0n) is 29.3. The van der Waals surface area contributed by atoms with Crippen molar-refractivity contribution in [1.29, 1.82) is 0 Å². The van der Waals surface area contributed by atoms with Crippen LogP contribution in [0.15, 0.2) is 125 Å². The number of nitrogens with zero attached hydrogens (tertiary/aromatic N) is 4. The molecule has 0 aliphatic rings. The first kappa shape index (κ1) is 41.5. The van der Waals surface area contributed by atoms with Crippen molar-refractivity contribution in [2.45, 2.75) is 19.6 Å². The average Bonchev–Trinajstić information content (AvgIpc) is 3.15. The molecule has 0 saturated heterocycles. The highest BCUT2D eigenvalue weighted by molar-refractivity contribution is 7.86. The van der Waals surface area contributed by atoms with Gasteiger partial charge in [0, 0.05) is 16.2 Å². The molecule has 0 fully saturated rings. The predicted molar refractivity (Wildman–Crippen MR) is 204 cm³/mol. The van der Waals surface area contributed by atoms with Gasteiger partial charge >= 0.3 is 0 Å². The van der Waals surface area contributed by atoms with Gasteiger partial charge in [-0.05, 0) is 77.2 Å². The van der Waals surface area contributed by atoms with E-state index in [0.29, 0.717) is 11.1 Å². The maximum absolute atomic E-state index is 12.2. The zero-order chi connectivity index (χ0) is 42.5. The smallest absolute Gasteiger partial charge is 0.298 e. The third kappa shape index (κ3) is 8.29. The van der Waals surface area contributed by atoms with E-state index in [1.54, 1.807) is 12.1 Å². The number of methoxy groups -OCH3 is 2. The van der Waals surface area contributed by atoms with E-state index in [1.165, 1.54) is 38.5 Å². The molecule has 0 aliphatic heterocycles. The van der Waals surface area contributed by atoms with Gasteiger partial charge in [0.2, 0.25) is 0 Å². The fourth-order valence-corrected chi connectivity index (χ4v) is 8.03. The Bertz CT molecular complexity index is 3230. The largest absolute Gasteiger partial charge is 0.505 e. The molecule has 0 bridgehead atoms. The van der Waals surface area contributed by atoms with Crippen LogP contribution in [-0.4, -0.2) is 76.3 Å². The minimum atomic E-state index is -5.06. The van der Waals surface area contributed by atoms with Crippen LogP contribution < -0.4 is 9.47 Å². The van der Waals surface area contributed by atoms with E-state index in [9.17, 15) is 62.1 Å². The van der Waals surface area contributed by atoms with Crippen molar-refractivity contribution in [2.75, 3.05) is 14.2 Å². The molecule has 0 atom stereocenters. The van der Waals surface area contributed by atoms with Crippen LogP contribution in [0.1, 0.15) is 0 Å². The predicted octanol–water partition coefficient (Wildman–Crippen LogP) is 6.91. The van der Waals surface area contributed by atoms with Gasteiger partial charge in [0.15, 0.2) is 11.5 Å². The van der Waals surface area contributed by atoms with Gasteiger partial charge in [0.05, 0.1) is 24.0 Å². The fraction of sp³-hybridized carbons (Fsp3) is 0.0588. The van der Waals surface area contributed by atoms with Crippen LogP contribution in [0.4, 0.5) is 22.7 Å². The first-order valence-corrected chi connectivity index (χ1v) is 21.5. The molecule has 0 aliphatic carbocycles. The van der Waals surface area contributed by atoms with E-state index in [2.05, 4.69) is 20.5 Å². The monoisotopic (exact) mass is 874 g/mol. The number of fused-ring (bicyclic) bond motifs is 2. The summed E-state index contributed by atoms with van der Waals surface area (Å²) in [6, 6.07) is 16.4. The van der Waals surface area contributed by atoms with Crippen LogP contribution >= 0.6 is 0 Å². The molecule has 0 saturated carbocycles. The maximum Gasteiger partial charge on any atom is 0.298 e. The first-order chi connectivity index (χ1) is 27.0. The van der Waals surface area contributed by atoms with Gasteiger partial charge in [-0.2, -0.15) is 33.7 Å². The number of ether oxygens (including phenoxy) is 2. The minimum absolute atomic E-state index is 0.00181. The molecule has 302 valence electrons. The molecule has 0 amide bonds. The van der Waals surface area contributed by atoms with Crippen molar-refractivity contribution in [3.8, 4) is 34.1 Å². The Morgan fingerprint density at radius 2 is 0.931 bits per heavy atom. The van der Waals surface area contributed by atoms with Gasteiger partial charge in [0.25, 0.3) is 40.5 Å². The van der Waals surface area contributed by atoms with Crippen LogP contribution in [0.25, 0.3) is 32.7 Å². The fourth-order valence-electron chi connectivity index (χ4n) is 5.67. The highest BCUT2D eigenvalue weighted by Gasteiger charge is 2.24. The molecule has 0 heterocycles. The van der Waals surface area contributed by atoms with Crippen LogP contribution in [-0.2, 0) is 40.5 Å². The Balaban J connectivity index is 1.36. The van der Waals surface area contributed by atoms with E-state index in [1.807, 2.05) is 0 Å². The highest BCUT2D eigenvalue weighted by Crippen LogP contribution is 2.45. The molecule has 6 aromatic rings. The minimum Gasteiger partial charge on any atom is -0.505 e. The molecule has 58 heavy (non-hydrogen) atoms. The van der Waals surface area contributed by atoms with Crippen LogP contribution in [0.3, 0.4) is 0 Å². The SMILES string of the molecule is COc1cc(-c2ccc(N=Nc3c(O)c(S(=O)(=O)O)cc4cc(S(=O)(=O)O)ccc34)c(OC)c2)ccc1N=Nc1cc(S(=O)(=O)O)c2ccc(S(=O)(=O)O)cc2c1O. The number of azo groups is 2. The van der Waals surface area contributed by atoms with Crippen LogP contribution in [0, 0.1) is 0 Å². The molecule has 20 nitrogen and oxygen atoms in total.